The highest BCUT2D eigenvalue weighted by molar-refractivity contribution is 5.91. The summed E-state index contributed by atoms with van der Waals surface area (Å²) < 4.78 is 5.87. The first kappa shape index (κ1) is 23.7. The molecule has 0 saturated carbocycles. The molecule has 0 bridgehead atoms. The molecule has 1 aliphatic carbocycles. The van der Waals surface area contributed by atoms with Crippen LogP contribution in [0.1, 0.15) is 92.3 Å². The Morgan fingerprint density at radius 3 is 2.53 bits per heavy atom. The molecule has 2 aromatic rings. The van der Waals surface area contributed by atoms with Crippen LogP contribution in [0.15, 0.2) is 48.0 Å². The minimum atomic E-state index is -0.487. The number of aryl methyl sites for hydroxylation is 1. The van der Waals surface area contributed by atoms with Crippen molar-refractivity contribution < 1.29 is 14.5 Å². The Kier molecular flexibility index (Phi) is 7.49. The van der Waals surface area contributed by atoms with Crippen LogP contribution in [0.3, 0.4) is 0 Å². The van der Waals surface area contributed by atoms with Crippen LogP contribution in [0, 0.1) is 23.0 Å². The van der Waals surface area contributed by atoms with Crippen molar-refractivity contribution in [3.63, 3.8) is 0 Å². The van der Waals surface area contributed by atoms with Gasteiger partial charge in [0.25, 0.3) is 5.69 Å². The van der Waals surface area contributed by atoms with Gasteiger partial charge in [0.1, 0.15) is 5.75 Å². The molecule has 1 unspecified atom stereocenters. The molecule has 3 atom stereocenters. The van der Waals surface area contributed by atoms with Crippen molar-refractivity contribution in [2.75, 3.05) is 0 Å². The number of ether oxygens (including phenoxy) is 1. The number of rotatable bonds is 7. The van der Waals surface area contributed by atoms with E-state index in [0.29, 0.717) is 29.1 Å². The van der Waals surface area contributed by atoms with E-state index in [1.807, 2.05) is 13.0 Å². The third kappa shape index (κ3) is 5.45. The van der Waals surface area contributed by atoms with Crippen molar-refractivity contribution in [3.8, 4) is 5.75 Å². The number of nitrogens with zero attached hydrogens (tertiary/aromatic N) is 1. The van der Waals surface area contributed by atoms with Crippen LogP contribution in [0.25, 0.3) is 0 Å². The first-order chi connectivity index (χ1) is 15.2. The lowest BCUT2D eigenvalue weighted by molar-refractivity contribution is -0.384. The molecular weight excluding hydrogens is 402 g/mol. The first-order valence-corrected chi connectivity index (χ1v) is 11.4. The molecule has 0 aromatic heterocycles. The number of benzene rings is 2. The van der Waals surface area contributed by atoms with E-state index in [2.05, 4.69) is 39.8 Å². The summed E-state index contributed by atoms with van der Waals surface area (Å²) in [6.07, 6.45) is 6.73. The summed E-state index contributed by atoms with van der Waals surface area (Å²) in [6, 6.07) is 9.75. The molecule has 0 N–H and O–H groups in total. The van der Waals surface area contributed by atoms with Gasteiger partial charge in [-0.2, -0.15) is 0 Å². The molecule has 32 heavy (non-hydrogen) atoms. The van der Waals surface area contributed by atoms with E-state index in [1.54, 1.807) is 0 Å². The number of hydrogen-bond donors (Lipinski definition) is 0. The standard InChI is InChI=1S/C27H33NO4/c1-17(2)7-6-8-19(4)23-14-9-20(5)26-24(23)15-18(3)16-25(26)32-27(29)21-10-12-22(13-11-21)28(30)31/h7,10-13,15-16,19-20,23H,6,8-9,14H2,1-5H3/t19-,20+,23?/m0/s1. The second-order valence-corrected chi connectivity index (χ2v) is 9.38. The molecule has 0 aliphatic heterocycles. The lowest BCUT2D eigenvalue weighted by Crippen LogP contribution is -2.21. The number of nitro benzene ring substituents is 1. The van der Waals surface area contributed by atoms with Crippen molar-refractivity contribution in [1.82, 2.24) is 0 Å². The molecule has 170 valence electrons. The number of hydrogen-bond acceptors (Lipinski definition) is 4. The molecule has 0 amide bonds. The number of allylic oxidation sites excluding steroid dienone is 2. The smallest absolute Gasteiger partial charge is 0.343 e. The highest BCUT2D eigenvalue weighted by atomic mass is 16.6. The van der Waals surface area contributed by atoms with Gasteiger partial charge in [0.15, 0.2) is 0 Å². The van der Waals surface area contributed by atoms with Crippen molar-refractivity contribution >= 4 is 11.7 Å². The summed E-state index contributed by atoms with van der Waals surface area (Å²) in [5.74, 6) is 1.43. The van der Waals surface area contributed by atoms with Crippen LogP contribution in [0.2, 0.25) is 0 Å². The zero-order valence-corrected chi connectivity index (χ0v) is 19.7. The van der Waals surface area contributed by atoms with Gasteiger partial charge in [0.2, 0.25) is 0 Å². The highest BCUT2D eigenvalue weighted by Crippen LogP contribution is 2.47. The average Bonchev–Trinajstić information content (AvgIpc) is 2.73. The normalized spacial score (nSPS) is 18.4. The van der Waals surface area contributed by atoms with Gasteiger partial charge in [-0.25, -0.2) is 4.79 Å². The van der Waals surface area contributed by atoms with E-state index in [0.717, 1.165) is 36.8 Å². The van der Waals surface area contributed by atoms with Gasteiger partial charge < -0.3 is 4.74 Å². The molecular formula is C27H33NO4. The number of carbonyl (C=O) groups is 1. The minimum absolute atomic E-state index is 0.0481. The van der Waals surface area contributed by atoms with E-state index in [4.69, 9.17) is 4.74 Å². The minimum Gasteiger partial charge on any atom is -0.423 e. The van der Waals surface area contributed by atoms with Crippen LogP contribution in [-0.2, 0) is 0 Å². The van der Waals surface area contributed by atoms with Crippen LogP contribution in [0.5, 0.6) is 5.75 Å². The molecule has 0 spiro atoms. The van der Waals surface area contributed by atoms with Gasteiger partial charge in [-0.05, 0) is 93.5 Å². The van der Waals surface area contributed by atoms with Crippen molar-refractivity contribution in [1.29, 1.82) is 0 Å². The summed E-state index contributed by atoms with van der Waals surface area (Å²) in [6.45, 7) is 10.8. The van der Waals surface area contributed by atoms with E-state index in [-0.39, 0.29) is 5.69 Å². The van der Waals surface area contributed by atoms with Gasteiger partial charge in [-0.1, -0.05) is 31.6 Å². The summed E-state index contributed by atoms with van der Waals surface area (Å²) >= 11 is 0. The molecule has 0 radical (unpaired) electrons. The molecule has 0 saturated heterocycles. The molecule has 5 nitrogen and oxygen atoms in total. The zero-order valence-electron chi connectivity index (χ0n) is 19.7. The summed E-state index contributed by atoms with van der Waals surface area (Å²) in [7, 11) is 0. The predicted octanol–water partition coefficient (Wildman–Crippen LogP) is 7.49. The highest BCUT2D eigenvalue weighted by Gasteiger charge is 2.31. The quantitative estimate of drug-likeness (QED) is 0.149. The van der Waals surface area contributed by atoms with Crippen LogP contribution < -0.4 is 4.74 Å². The number of nitro groups is 1. The fourth-order valence-electron chi connectivity index (χ4n) is 4.74. The molecule has 1 aliphatic rings. The summed E-state index contributed by atoms with van der Waals surface area (Å²) in [4.78, 5) is 23.2. The second-order valence-electron chi connectivity index (χ2n) is 9.38. The molecule has 0 heterocycles. The van der Waals surface area contributed by atoms with Gasteiger partial charge in [-0.3, -0.25) is 10.1 Å². The average molecular weight is 436 g/mol. The fraction of sp³-hybridized carbons (Fsp3) is 0.444. The fourth-order valence-corrected chi connectivity index (χ4v) is 4.74. The largest absolute Gasteiger partial charge is 0.423 e. The predicted molar refractivity (Wildman–Crippen MR) is 127 cm³/mol. The van der Waals surface area contributed by atoms with Gasteiger partial charge >= 0.3 is 5.97 Å². The third-order valence-electron chi connectivity index (χ3n) is 6.50. The maximum atomic E-state index is 12.8. The van der Waals surface area contributed by atoms with Gasteiger partial charge in [0, 0.05) is 17.7 Å². The molecule has 3 rings (SSSR count). The van der Waals surface area contributed by atoms with Crippen molar-refractivity contribution in [3.05, 3.63) is 80.4 Å². The Balaban J connectivity index is 1.88. The van der Waals surface area contributed by atoms with Crippen molar-refractivity contribution in [2.45, 2.75) is 72.1 Å². The van der Waals surface area contributed by atoms with Crippen LogP contribution in [-0.4, -0.2) is 10.9 Å². The summed E-state index contributed by atoms with van der Waals surface area (Å²) in [5.41, 5.74) is 5.13. The molecule has 5 heteroatoms. The molecule has 0 fully saturated rings. The maximum absolute atomic E-state index is 12.8. The Labute approximate surface area is 190 Å². The van der Waals surface area contributed by atoms with E-state index in [9.17, 15) is 14.9 Å². The Morgan fingerprint density at radius 2 is 1.91 bits per heavy atom. The lowest BCUT2D eigenvalue weighted by atomic mass is 9.71. The van der Waals surface area contributed by atoms with Crippen LogP contribution in [0.4, 0.5) is 5.69 Å². The third-order valence-corrected chi connectivity index (χ3v) is 6.50. The Hall–Kier alpha value is -2.95. The van der Waals surface area contributed by atoms with E-state index >= 15 is 0 Å². The summed E-state index contributed by atoms with van der Waals surface area (Å²) in [5, 5.41) is 10.9. The zero-order chi connectivity index (χ0) is 23.4. The van der Waals surface area contributed by atoms with Crippen LogP contribution >= 0.6 is 0 Å². The number of non-ortho nitro benzene ring substituents is 1. The topological polar surface area (TPSA) is 69.4 Å². The number of esters is 1. The second kappa shape index (κ2) is 10.1. The Morgan fingerprint density at radius 1 is 1.22 bits per heavy atom. The monoisotopic (exact) mass is 435 g/mol. The maximum Gasteiger partial charge on any atom is 0.343 e. The molecule has 2 aromatic carbocycles. The number of carbonyl (C=O) groups excluding carboxylic acids is 1. The lowest BCUT2D eigenvalue weighted by Gasteiger charge is -2.35. The van der Waals surface area contributed by atoms with Gasteiger partial charge in [0.05, 0.1) is 10.5 Å². The number of fused-ring (bicyclic) bond motifs is 1. The van der Waals surface area contributed by atoms with Crippen molar-refractivity contribution in [2.24, 2.45) is 5.92 Å². The van der Waals surface area contributed by atoms with E-state index < -0.39 is 10.9 Å². The Bertz CT molecular complexity index is 1020. The van der Waals surface area contributed by atoms with E-state index in [1.165, 1.54) is 35.4 Å². The SMILES string of the molecule is CC(C)=CCC[C@H](C)C1CC[C@@H](C)c2c(OC(=O)c3ccc([N+](=O)[O-])cc3)cc(C)cc21. The first-order valence-electron chi connectivity index (χ1n) is 11.4. The van der Waals surface area contributed by atoms with Gasteiger partial charge in [-0.15, -0.1) is 0 Å².